The van der Waals surface area contributed by atoms with E-state index in [1.165, 1.54) is 0 Å². The Hall–Kier alpha value is -0.610. The first-order valence-electron chi connectivity index (χ1n) is 6.84. The van der Waals surface area contributed by atoms with Crippen LogP contribution >= 0.6 is 0 Å². The molecule has 0 amide bonds. The van der Waals surface area contributed by atoms with Gasteiger partial charge in [-0.25, -0.2) is 0 Å². The second kappa shape index (κ2) is 6.02. The van der Waals surface area contributed by atoms with Crippen molar-refractivity contribution in [3.8, 4) is 0 Å². The number of hydrogen-bond donors (Lipinski definition) is 2. The molecule has 0 aromatic carbocycles. The van der Waals surface area contributed by atoms with Crippen LogP contribution in [0.3, 0.4) is 0 Å². The molecule has 1 aliphatic heterocycles. The number of nitrogens with one attached hydrogen (secondary N) is 1. The van der Waals surface area contributed by atoms with Crippen LogP contribution in [0.25, 0.3) is 0 Å². The number of carbonyl (C=O) groups is 1. The Morgan fingerprint density at radius 2 is 2.17 bits per heavy atom. The van der Waals surface area contributed by atoms with Gasteiger partial charge < -0.3 is 15.2 Å². The van der Waals surface area contributed by atoms with Gasteiger partial charge in [0.1, 0.15) is 0 Å². The highest BCUT2D eigenvalue weighted by atomic mass is 16.5. The minimum atomic E-state index is -0.691. The van der Waals surface area contributed by atoms with Crippen molar-refractivity contribution in [1.82, 2.24) is 5.32 Å². The highest BCUT2D eigenvalue weighted by molar-refractivity contribution is 5.75. The van der Waals surface area contributed by atoms with Gasteiger partial charge in [-0.1, -0.05) is 20.8 Å². The highest BCUT2D eigenvalue weighted by Crippen LogP contribution is 2.40. The molecule has 18 heavy (non-hydrogen) atoms. The van der Waals surface area contributed by atoms with E-state index >= 15 is 0 Å². The molecule has 1 aliphatic rings. The number of carboxylic acid groups (broad SMARTS) is 1. The fourth-order valence-corrected chi connectivity index (χ4v) is 2.59. The molecule has 0 saturated carbocycles. The Morgan fingerprint density at radius 1 is 1.50 bits per heavy atom. The summed E-state index contributed by atoms with van der Waals surface area (Å²) < 4.78 is 5.34. The number of carboxylic acids is 1. The normalized spacial score (nSPS) is 29.2. The number of hydrogen-bond acceptors (Lipinski definition) is 3. The molecule has 0 radical (unpaired) electrons. The minimum Gasteiger partial charge on any atom is -0.481 e. The van der Waals surface area contributed by atoms with E-state index in [0.717, 1.165) is 13.0 Å². The molecule has 1 saturated heterocycles. The van der Waals surface area contributed by atoms with Gasteiger partial charge in [0.15, 0.2) is 0 Å². The Morgan fingerprint density at radius 3 is 2.67 bits per heavy atom. The van der Waals surface area contributed by atoms with Gasteiger partial charge in [0.2, 0.25) is 0 Å². The van der Waals surface area contributed by atoms with Crippen molar-refractivity contribution < 1.29 is 14.6 Å². The van der Waals surface area contributed by atoms with Crippen LogP contribution in [-0.2, 0) is 9.53 Å². The summed E-state index contributed by atoms with van der Waals surface area (Å²) in [4.78, 5) is 11.6. The molecule has 2 atom stereocenters. The molecule has 0 aromatic heterocycles. The summed E-state index contributed by atoms with van der Waals surface area (Å²) in [5, 5.41) is 12.9. The van der Waals surface area contributed by atoms with Crippen molar-refractivity contribution in [3.63, 3.8) is 0 Å². The van der Waals surface area contributed by atoms with Gasteiger partial charge in [-0.15, -0.1) is 0 Å². The van der Waals surface area contributed by atoms with Gasteiger partial charge in [0.05, 0.1) is 5.41 Å². The predicted octanol–water partition coefficient (Wildman–Crippen LogP) is 2.14. The second-order valence-corrected chi connectivity index (χ2v) is 6.43. The molecule has 0 bridgehead atoms. The summed E-state index contributed by atoms with van der Waals surface area (Å²) in [7, 11) is 0. The third kappa shape index (κ3) is 3.69. The lowest BCUT2D eigenvalue weighted by Gasteiger charge is -2.43. The maximum absolute atomic E-state index is 11.6. The van der Waals surface area contributed by atoms with Crippen LogP contribution < -0.4 is 5.32 Å². The Balaban J connectivity index is 2.74. The molecular weight excluding hydrogens is 230 g/mol. The fourth-order valence-electron chi connectivity index (χ4n) is 2.59. The van der Waals surface area contributed by atoms with Gasteiger partial charge in [-0.05, 0) is 37.6 Å². The van der Waals surface area contributed by atoms with E-state index in [2.05, 4.69) is 26.1 Å². The standard InChI is InChI=1S/C14H27NO3/c1-5-18-7-6-14(12(16)17)8-11(9-15-10-14)13(2,3)4/h11,15H,5-10H2,1-4H3,(H,16,17)/t11-,14-/m1/s1. The first-order chi connectivity index (χ1) is 8.32. The lowest BCUT2D eigenvalue weighted by atomic mass is 9.66. The van der Waals surface area contributed by atoms with Gasteiger partial charge in [0, 0.05) is 19.8 Å². The number of rotatable bonds is 5. The smallest absolute Gasteiger partial charge is 0.311 e. The van der Waals surface area contributed by atoms with Crippen LogP contribution in [0.4, 0.5) is 0 Å². The van der Waals surface area contributed by atoms with Crippen molar-refractivity contribution in [2.24, 2.45) is 16.7 Å². The molecule has 1 rings (SSSR count). The first kappa shape index (κ1) is 15.4. The zero-order valence-electron chi connectivity index (χ0n) is 12.1. The maximum Gasteiger partial charge on any atom is 0.311 e. The minimum absolute atomic E-state index is 0.139. The van der Waals surface area contributed by atoms with E-state index in [0.29, 0.717) is 32.1 Å². The van der Waals surface area contributed by atoms with Crippen molar-refractivity contribution in [2.75, 3.05) is 26.3 Å². The lowest BCUT2D eigenvalue weighted by Crippen LogP contribution is -2.52. The largest absolute Gasteiger partial charge is 0.481 e. The molecule has 1 heterocycles. The highest BCUT2D eigenvalue weighted by Gasteiger charge is 2.45. The average Bonchev–Trinajstić information content (AvgIpc) is 2.28. The van der Waals surface area contributed by atoms with Crippen LogP contribution in [-0.4, -0.2) is 37.4 Å². The summed E-state index contributed by atoms with van der Waals surface area (Å²) in [6, 6.07) is 0. The summed E-state index contributed by atoms with van der Waals surface area (Å²) >= 11 is 0. The third-order valence-electron chi connectivity index (χ3n) is 4.10. The molecule has 1 fully saturated rings. The second-order valence-electron chi connectivity index (χ2n) is 6.43. The molecular formula is C14H27NO3. The summed E-state index contributed by atoms with van der Waals surface area (Å²) in [5.41, 5.74) is -0.523. The molecule has 106 valence electrons. The molecule has 0 spiro atoms. The van der Waals surface area contributed by atoms with Gasteiger partial charge in [0.25, 0.3) is 0 Å². The SMILES string of the molecule is CCOCC[C@]1(C(=O)O)CNC[C@H](C(C)(C)C)C1. The molecule has 2 N–H and O–H groups in total. The van der Waals surface area contributed by atoms with Crippen LogP contribution in [0.1, 0.15) is 40.5 Å². The van der Waals surface area contributed by atoms with Crippen LogP contribution in [0.5, 0.6) is 0 Å². The van der Waals surface area contributed by atoms with Crippen LogP contribution in [0.2, 0.25) is 0 Å². The van der Waals surface area contributed by atoms with E-state index in [1.54, 1.807) is 0 Å². The summed E-state index contributed by atoms with van der Waals surface area (Å²) in [6.07, 6.45) is 1.33. The van der Waals surface area contributed by atoms with E-state index in [4.69, 9.17) is 4.74 Å². The molecule has 0 aliphatic carbocycles. The monoisotopic (exact) mass is 257 g/mol. The Kier molecular flexibility index (Phi) is 5.17. The zero-order chi connectivity index (χ0) is 13.8. The van der Waals surface area contributed by atoms with Crippen molar-refractivity contribution in [1.29, 1.82) is 0 Å². The van der Waals surface area contributed by atoms with Crippen molar-refractivity contribution in [2.45, 2.75) is 40.5 Å². The van der Waals surface area contributed by atoms with E-state index in [1.807, 2.05) is 6.92 Å². The number of piperidine rings is 1. The van der Waals surface area contributed by atoms with E-state index in [-0.39, 0.29) is 5.41 Å². The van der Waals surface area contributed by atoms with Crippen LogP contribution in [0.15, 0.2) is 0 Å². The topological polar surface area (TPSA) is 58.6 Å². The van der Waals surface area contributed by atoms with Gasteiger partial charge in [-0.2, -0.15) is 0 Å². The van der Waals surface area contributed by atoms with Crippen molar-refractivity contribution in [3.05, 3.63) is 0 Å². The third-order valence-corrected chi connectivity index (χ3v) is 4.10. The molecule has 0 aromatic rings. The van der Waals surface area contributed by atoms with E-state index in [9.17, 15) is 9.90 Å². The Labute approximate surface area is 110 Å². The average molecular weight is 257 g/mol. The first-order valence-corrected chi connectivity index (χ1v) is 6.84. The molecule has 4 heteroatoms. The van der Waals surface area contributed by atoms with E-state index < -0.39 is 11.4 Å². The van der Waals surface area contributed by atoms with Gasteiger partial charge >= 0.3 is 5.97 Å². The molecule has 0 unspecified atom stereocenters. The zero-order valence-corrected chi connectivity index (χ0v) is 12.1. The predicted molar refractivity (Wildman–Crippen MR) is 71.6 cm³/mol. The summed E-state index contributed by atoms with van der Waals surface area (Å²) in [6.45, 7) is 11.1. The lowest BCUT2D eigenvalue weighted by molar-refractivity contribution is -0.153. The van der Waals surface area contributed by atoms with Gasteiger partial charge in [-0.3, -0.25) is 4.79 Å². The summed E-state index contributed by atoms with van der Waals surface area (Å²) in [5.74, 6) is -0.298. The number of ether oxygens (including phenoxy) is 1. The maximum atomic E-state index is 11.6. The quantitative estimate of drug-likeness (QED) is 0.741. The molecule has 4 nitrogen and oxygen atoms in total. The Bertz CT molecular complexity index is 285. The number of aliphatic carboxylic acids is 1. The fraction of sp³-hybridized carbons (Fsp3) is 0.929. The van der Waals surface area contributed by atoms with Crippen LogP contribution in [0, 0.1) is 16.7 Å². The van der Waals surface area contributed by atoms with Crippen molar-refractivity contribution >= 4 is 5.97 Å².